The number of carbonyl (C=O) groups excluding carboxylic acids is 1. The molecule has 1 aliphatic carbocycles. The number of aliphatic carboxylic acids is 1. The average molecular weight is 706 g/mol. The van der Waals surface area contributed by atoms with Crippen molar-refractivity contribution < 1.29 is 19.4 Å². The zero-order valence-corrected chi connectivity index (χ0v) is 32.3. The van der Waals surface area contributed by atoms with Crippen LogP contribution in [0.4, 0.5) is 11.8 Å². The number of likely N-dealkylation sites (tertiary alicyclic amines) is 1. The number of rotatable bonds is 19. The lowest BCUT2D eigenvalue weighted by atomic mass is 9.95. The van der Waals surface area contributed by atoms with E-state index in [0.717, 1.165) is 68.6 Å². The van der Waals surface area contributed by atoms with E-state index in [2.05, 4.69) is 41.9 Å². The Bertz CT molecular complexity index is 1060. The van der Waals surface area contributed by atoms with Gasteiger partial charge < -0.3 is 46.6 Å². The number of amides is 1. The van der Waals surface area contributed by atoms with E-state index in [1.165, 1.54) is 38.5 Å². The third kappa shape index (κ3) is 19.3. The van der Waals surface area contributed by atoms with E-state index in [-0.39, 0.29) is 24.7 Å². The van der Waals surface area contributed by atoms with Crippen molar-refractivity contribution in [1.82, 2.24) is 36.1 Å². The molecule has 7 N–H and O–H groups in total. The molecule has 288 valence electrons. The molecule has 50 heavy (non-hydrogen) atoms. The van der Waals surface area contributed by atoms with E-state index in [0.29, 0.717) is 38.5 Å². The predicted molar refractivity (Wildman–Crippen MR) is 205 cm³/mol. The Hall–Kier alpha value is -3.16. The maximum atomic E-state index is 12.4. The quantitative estimate of drug-likeness (QED) is 0.0942. The second kappa shape index (κ2) is 28.5. The van der Waals surface area contributed by atoms with Gasteiger partial charge in [0.25, 0.3) is 0 Å². The zero-order chi connectivity index (χ0) is 37.0. The number of ether oxygens (including phenoxy) is 1. The first-order valence-electron chi connectivity index (χ1n) is 19.6. The van der Waals surface area contributed by atoms with Gasteiger partial charge in [-0.15, -0.1) is 0 Å². The number of allylic oxidation sites excluding steroid dienone is 1. The van der Waals surface area contributed by atoms with Gasteiger partial charge in [-0.05, 0) is 71.5 Å². The van der Waals surface area contributed by atoms with Crippen molar-refractivity contribution in [2.24, 2.45) is 0 Å². The summed E-state index contributed by atoms with van der Waals surface area (Å²) >= 11 is 0. The summed E-state index contributed by atoms with van der Waals surface area (Å²) in [7, 11) is 0. The van der Waals surface area contributed by atoms with Crippen molar-refractivity contribution in [1.29, 1.82) is 0 Å². The minimum Gasteiger partial charge on any atom is -0.480 e. The molecule has 3 heterocycles. The van der Waals surface area contributed by atoms with Gasteiger partial charge in [-0.1, -0.05) is 60.8 Å². The first-order chi connectivity index (χ1) is 24.4. The Kier molecular flexibility index (Phi) is 25.6. The van der Waals surface area contributed by atoms with Crippen LogP contribution in [0.3, 0.4) is 0 Å². The van der Waals surface area contributed by atoms with Gasteiger partial charge in [-0.2, -0.15) is 4.98 Å². The summed E-state index contributed by atoms with van der Waals surface area (Å²) in [6.07, 6.45) is 13.6. The Morgan fingerprint density at radius 3 is 2.30 bits per heavy atom. The third-order valence-electron chi connectivity index (χ3n) is 8.38. The number of anilines is 2. The summed E-state index contributed by atoms with van der Waals surface area (Å²) in [6.45, 7) is 19.2. The highest BCUT2D eigenvalue weighted by Gasteiger charge is 2.23. The topological polar surface area (TPSA) is 165 Å². The standard InChI is InChI=1S/C31H53N9O4.3C2H6/c1-23-19-27(37-25-11-17-40(18-12-25)29(41)10-16-33-21-30(42)43)39-31(36-23)35-20-28-38-26(22-44-28)9-5-13-32-14-6-15-34-24-7-3-2-4-8-24;3*1-2/h19,22,24-25,28,32-34,38H,2-18,20-21H2,1H3,(H,42,43)(H2,35,36,37,39);3*1-2H3. The van der Waals surface area contributed by atoms with Gasteiger partial charge in [-0.25, -0.2) is 4.98 Å². The highest BCUT2D eigenvalue weighted by molar-refractivity contribution is 5.76. The molecule has 0 spiro atoms. The van der Waals surface area contributed by atoms with E-state index in [4.69, 9.17) is 9.84 Å². The predicted octanol–water partition coefficient (Wildman–Crippen LogP) is 5.21. The molecule has 4 rings (SSSR count). The number of hydrogen-bond donors (Lipinski definition) is 7. The number of aromatic nitrogens is 2. The molecule has 0 radical (unpaired) electrons. The Morgan fingerprint density at radius 2 is 1.60 bits per heavy atom. The van der Waals surface area contributed by atoms with Gasteiger partial charge in [0.2, 0.25) is 11.9 Å². The minimum atomic E-state index is -0.921. The minimum absolute atomic E-state index is 0.0516. The van der Waals surface area contributed by atoms with Crippen LogP contribution in [-0.2, 0) is 14.3 Å². The maximum Gasteiger partial charge on any atom is 0.317 e. The van der Waals surface area contributed by atoms with Crippen molar-refractivity contribution in [3.05, 3.63) is 23.7 Å². The number of carbonyl (C=O) groups is 2. The lowest BCUT2D eigenvalue weighted by Gasteiger charge is -2.32. The number of piperidine rings is 1. The maximum absolute atomic E-state index is 12.4. The highest BCUT2D eigenvalue weighted by atomic mass is 16.5. The van der Waals surface area contributed by atoms with E-state index >= 15 is 0 Å². The largest absolute Gasteiger partial charge is 0.480 e. The number of nitrogens with zero attached hydrogens (tertiary/aromatic N) is 3. The molecule has 1 aromatic rings. The molecule has 2 fully saturated rings. The summed E-state index contributed by atoms with van der Waals surface area (Å²) in [5.41, 5.74) is 1.98. The zero-order valence-electron chi connectivity index (χ0n) is 32.3. The molecule has 0 bridgehead atoms. The fourth-order valence-electron chi connectivity index (χ4n) is 5.96. The van der Waals surface area contributed by atoms with Crippen LogP contribution in [-0.4, -0.2) is 103 Å². The average Bonchev–Trinajstić information content (AvgIpc) is 3.61. The summed E-state index contributed by atoms with van der Waals surface area (Å²) in [5, 5.41) is 29.0. The molecule has 0 aromatic carbocycles. The number of carboxylic acids is 1. The molecule has 1 unspecified atom stereocenters. The van der Waals surface area contributed by atoms with Crippen LogP contribution in [0.25, 0.3) is 0 Å². The van der Waals surface area contributed by atoms with Gasteiger partial charge in [-0.3, -0.25) is 9.59 Å². The summed E-state index contributed by atoms with van der Waals surface area (Å²) in [6, 6.07) is 2.89. The van der Waals surface area contributed by atoms with E-state index in [1.807, 2.05) is 65.7 Å². The molecule has 1 saturated carbocycles. The van der Waals surface area contributed by atoms with Gasteiger partial charge in [0.1, 0.15) is 12.1 Å². The normalized spacial score (nSPS) is 17.3. The molecule has 1 atom stereocenters. The second-order valence-electron chi connectivity index (χ2n) is 12.1. The number of hydrogen-bond acceptors (Lipinski definition) is 11. The number of aryl methyl sites for hydroxylation is 1. The number of carboxylic acid groups (broad SMARTS) is 1. The van der Waals surface area contributed by atoms with Crippen LogP contribution in [0.5, 0.6) is 0 Å². The molecule has 2 aliphatic heterocycles. The molecular formula is C37H71N9O4. The van der Waals surface area contributed by atoms with Crippen LogP contribution in [0.15, 0.2) is 18.0 Å². The van der Waals surface area contributed by atoms with E-state index < -0.39 is 5.97 Å². The van der Waals surface area contributed by atoms with Crippen LogP contribution in [0.1, 0.15) is 118 Å². The second-order valence-corrected chi connectivity index (χ2v) is 12.1. The van der Waals surface area contributed by atoms with Crippen molar-refractivity contribution >= 4 is 23.6 Å². The SMILES string of the molecule is CC.CC.CC.Cc1cc(NC2CCN(C(=O)CCNCC(=O)O)CC2)nc(NCC2NC(CCCNCCCNC3CCCCC3)=CO2)n1. The van der Waals surface area contributed by atoms with Gasteiger partial charge in [0, 0.05) is 55.6 Å². The van der Waals surface area contributed by atoms with Crippen molar-refractivity contribution in [3.8, 4) is 0 Å². The van der Waals surface area contributed by atoms with Crippen molar-refractivity contribution in [2.75, 3.05) is 63.0 Å². The van der Waals surface area contributed by atoms with Crippen LogP contribution in [0, 0.1) is 6.92 Å². The van der Waals surface area contributed by atoms with E-state index in [9.17, 15) is 9.59 Å². The summed E-state index contributed by atoms with van der Waals surface area (Å²) in [4.78, 5) is 34.1. The van der Waals surface area contributed by atoms with Crippen molar-refractivity contribution in [2.45, 2.75) is 137 Å². The molecule has 1 saturated heterocycles. The van der Waals surface area contributed by atoms with Gasteiger partial charge >= 0.3 is 5.97 Å². The molecular weight excluding hydrogens is 634 g/mol. The van der Waals surface area contributed by atoms with Crippen LogP contribution < -0.4 is 31.9 Å². The summed E-state index contributed by atoms with van der Waals surface area (Å²) < 4.78 is 5.81. The fourth-order valence-corrected chi connectivity index (χ4v) is 5.96. The Morgan fingerprint density at radius 1 is 0.900 bits per heavy atom. The van der Waals surface area contributed by atoms with Crippen molar-refractivity contribution in [3.63, 3.8) is 0 Å². The molecule has 1 amide bonds. The fraction of sp³-hybridized carbons (Fsp3) is 0.784. The number of nitrogens with one attached hydrogen (secondary N) is 6. The summed E-state index contributed by atoms with van der Waals surface area (Å²) in [5.74, 6) is 0.444. The lowest BCUT2D eigenvalue weighted by molar-refractivity contribution is -0.136. The van der Waals surface area contributed by atoms with Gasteiger partial charge in [0.05, 0.1) is 13.1 Å². The third-order valence-corrected chi connectivity index (χ3v) is 8.38. The smallest absolute Gasteiger partial charge is 0.317 e. The Balaban J connectivity index is 0.00000197. The first-order valence-corrected chi connectivity index (χ1v) is 19.6. The van der Waals surface area contributed by atoms with Crippen LogP contribution >= 0.6 is 0 Å². The molecule has 13 nitrogen and oxygen atoms in total. The Labute approximate surface area is 303 Å². The highest BCUT2D eigenvalue weighted by Crippen LogP contribution is 2.19. The van der Waals surface area contributed by atoms with Gasteiger partial charge in [0.15, 0.2) is 6.23 Å². The molecule has 13 heteroatoms. The first kappa shape index (κ1) is 44.9. The van der Waals surface area contributed by atoms with Crippen LogP contribution in [0.2, 0.25) is 0 Å². The monoisotopic (exact) mass is 706 g/mol. The molecule has 3 aliphatic rings. The molecule has 1 aromatic heterocycles. The van der Waals surface area contributed by atoms with E-state index in [1.54, 1.807) is 0 Å². The lowest BCUT2D eigenvalue weighted by Crippen LogP contribution is -2.43.